The number of phenolic OH excluding ortho intramolecular Hbond substituents is 1. The summed E-state index contributed by atoms with van der Waals surface area (Å²) in [5.41, 5.74) is 5.76. The largest absolute Gasteiger partial charge is 0.507 e. The first kappa shape index (κ1) is 19.7. The fourth-order valence-corrected chi connectivity index (χ4v) is 4.16. The van der Waals surface area contributed by atoms with Gasteiger partial charge >= 0.3 is 0 Å². The summed E-state index contributed by atoms with van der Waals surface area (Å²) in [6.07, 6.45) is 8.36. The van der Waals surface area contributed by atoms with Crippen LogP contribution >= 0.6 is 0 Å². The van der Waals surface area contributed by atoms with Gasteiger partial charge < -0.3 is 5.11 Å². The van der Waals surface area contributed by atoms with E-state index in [0.717, 1.165) is 11.3 Å². The van der Waals surface area contributed by atoms with Crippen molar-refractivity contribution in [3.63, 3.8) is 0 Å². The molecule has 1 N–H and O–H groups in total. The molecule has 0 atom stereocenters. The zero-order valence-electron chi connectivity index (χ0n) is 17.2. The number of rotatable bonds is 5. The maximum absolute atomic E-state index is 10.4. The second kappa shape index (κ2) is 8.73. The molecule has 3 rings (SSSR count). The summed E-state index contributed by atoms with van der Waals surface area (Å²) >= 11 is 0. The van der Waals surface area contributed by atoms with Gasteiger partial charge in [0.1, 0.15) is 5.75 Å². The molecule has 2 aromatic carbocycles. The van der Waals surface area contributed by atoms with Crippen molar-refractivity contribution >= 4 is 11.9 Å². The zero-order valence-corrected chi connectivity index (χ0v) is 17.2. The predicted molar refractivity (Wildman–Crippen MR) is 116 cm³/mol. The van der Waals surface area contributed by atoms with Crippen molar-refractivity contribution in [2.24, 2.45) is 4.99 Å². The molecule has 1 aliphatic rings. The van der Waals surface area contributed by atoms with Crippen molar-refractivity contribution in [3.05, 3.63) is 58.7 Å². The third-order valence-electron chi connectivity index (χ3n) is 5.80. The van der Waals surface area contributed by atoms with Crippen molar-refractivity contribution in [1.29, 1.82) is 0 Å². The van der Waals surface area contributed by atoms with Crippen molar-refractivity contribution in [3.8, 4) is 5.75 Å². The molecule has 2 heteroatoms. The van der Waals surface area contributed by atoms with Gasteiger partial charge in [-0.25, -0.2) is 0 Å². The summed E-state index contributed by atoms with van der Waals surface area (Å²) in [6.45, 7) is 8.83. The highest BCUT2D eigenvalue weighted by Gasteiger charge is 2.17. The maximum Gasteiger partial charge on any atom is 0.124 e. The minimum absolute atomic E-state index is 0.312. The van der Waals surface area contributed by atoms with Gasteiger partial charge in [0.15, 0.2) is 0 Å². The van der Waals surface area contributed by atoms with Crippen LogP contribution in [0.2, 0.25) is 0 Å². The Hall–Kier alpha value is -2.09. The first-order valence-electron chi connectivity index (χ1n) is 10.5. The summed E-state index contributed by atoms with van der Waals surface area (Å²) < 4.78 is 0. The van der Waals surface area contributed by atoms with E-state index in [2.05, 4.69) is 58.0 Å². The predicted octanol–water partition coefficient (Wildman–Crippen LogP) is 7.44. The molecule has 0 bridgehead atoms. The number of para-hydroxylation sites is 1. The first-order chi connectivity index (χ1) is 13.0. The molecule has 0 unspecified atom stereocenters. The molecule has 1 fully saturated rings. The molecular formula is C25H33NO. The highest BCUT2D eigenvalue weighted by molar-refractivity contribution is 5.86. The highest BCUT2D eigenvalue weighted by Crippen LogP contribution is 2.36. The van der Waals surface area contributed by atoms with Crippen LogP contribution in [0.3, 0.4) is 0 Å². The van der Waals surface area contributed by atoms with Gasteiger partial charge in [-0.15, -0.1) is 0 Å². The Kier molecular flexibility index (Phi) is 6.36. The summed E-state index contributed by atoms with van der Waals surface area (Å²) in [4.78, 5) is 4.88. The SMILES string of the molecule is CC(C)c1cccc(C(C)C)c1/N=C/c1cc(C2CCCCC2)ccc1O. The lowest BCUT2D eigenvalue weighted by molar-refractivity contribution is 0.441. The van der Waals surface area contributed by atoms with E-state index in [1.165, 1.54) is 48.8 Å². The molecule has 0 aliphatic heterocycles. The topological polar surface area (TPSA) is 32.6 Å². The molecule has 27 heavy (non-hydrogen) atoms. The van der Waals surface area contributed by atoms with Gasteiger partial charge in [-0.1, -0.05) is 71.2 Å². The summed E-state index contributed by atoms with van der Waals surface area (Å²) in [5, 5.41) is 10.4. The van der Waals surface area contributed by atoms with Gasteiger partial charge in [-0.3, -0.25) is 4.99 Å². The number of hydrogen-bond acceptors (Lipinski definition) is 2. The van der Waals surface area contributed by atoms with E-state index >= 15 is 0 Å². The lowest BCUT2D eigenvalue weighted by Gasteiger charge is -2.22. The van der Waals surface area contributed by atoms with Gasteiger partial charge in [-0.2, -0.15) is 0 Å². The Morgan fingerprint density at radius 1 is 0.926 bits per heavy atom. The van der Waals surface area contributed by atoms with Gasteiger partial charge in [-0.05, 0) is 59.4 Å². The Bertz CT molecular complexity index is 772. The monoisotopic (exact) mass is 363 g/mol. The van der Waals surface area contributed by atoms with Crippen LogP contribution in [0.5, 0.6) is 5.75 Å². The smallest absolute Gasteiger partial charge is 0.124 e. The average Bonchev–Trinajstić information content (AvgIpc) is 2.67. The summed E-state index contributed by atoms with van der Waals surface area (Å²) in [7, 11) is 0. The number of hydrogen-bond donors (Lipinski definition) is 1. The van der Waals surface area contributed by atoms with Gasteiger partial charge in [0.2, 0.25) is 0 Å². The molecule has 0 radical (unpaired) electrons. The Morgan fingerprint density at radius 2 is 1.56 bits per heavy atom. The lowest BCUT2D eigenvalue weighted by atomic mass is 9.83. The highest BCUT2D eigenvalue weighted by atomic mass is 16.3. The van der Waals surface area contributed by atoms with Gasteiger partial charge in [0.25, 0.3) is 0 Å². The third-order valence-corrected chi connectivity index (χ3v) is 5.80. The van der Waals surface area contributed by atoms with Crippen LogP contribution in [0.1, 0.15) is 99.8 Å². The molecule has 0 aromatic heterocycles. The van der Waals surface area contributed by atoms with E-state index in [4.69, 9.17) is 4.99 Å². The van der Waals surface area contributed by atoms with Crippen molar-refractivity contribution in [2.75, 3.05) is 0 Å². The lowest BCUT2D eigenvalue weighted by Crippen LogP contribution is -2.04. The molecule has 1 saturated carbocycles. The van der Waals surface area contributed by atoms with E-state index in [-0.39, 0.29) is 0 Å². The van der Waals surface area contributed by atoms with E-state index in [1.807, 2.05) is 12.3 Å². The van der Waals surface area contributed by atoms with E-state index in [0.29, 0.717) is 23.5 Å². The minimum Gasteiger partial charge on any atom is -0.507 e. The van der Waals surface area contributed by atoms with Crippen LogP contribution in [0.25, 0.3) is 0 Å². The minimum atomic E-state index is 0.312. The quantitative estimate of drug-likeness (QED) is 0.550. The molecule has 0 amide bonds. The summed E-state index contributed by atoms with van der Waals surface area (Å²) in [5.74, 6) is 1.77. The molecule has 0 heterocycles. The molecular weight excluding hydrogens is 330 g/mol. The zero-order chi connectivity index (χ0) is 19.4. The third kappa shape index (κ3) is 4.61. The molecule has 1 aliphatic carbocycles. The second-order valence-electron chi connectivity index (χ2n) is 8.51. The van der Waals surface area contributed by atoms with Gasteiger partial charge in [0.05, 0.1) is 5.69 Å². The Balaban J connectivity index is 1.96. The van der Waals surface area contributed by atoms with Crippen LogP contribution in [-0.4, -0.2) is 11.3 Å². The Morgan fingerprint density at radius 3 is 2.15 bits per heavy atom. The van der Waals surface area contributed by atoms with E-state index in [1.54, 1.807) is 0 Å². The summed E-state index contributed by atoms with van der Waals surface area (Å²) in [6, 6.07) is 12.5. The molecule has 0 saturated heterocycles. The van der Waals surface area contributed by atoms with E-state index < -0.39 is 0 Å². The molecule has 0 spiro atoms. The van der Waals surface area contributed by atoms with Crippen LogP contribution < -0.4 is 0 Å². The normalized spacial score (nSPS) is 15.9. The number of aromatic hydroxyl groups is 1. The van der Waals surface area contributed by atoms with Crippen LogP contribution in [-0.2, 0) is 0 Å². The van der Waals surface area contributed by atoms with E-state index in [9.17, 15) is 5.11 Å². The van der Waals surface area contributed by atoms with Crippen molar-refractivity contribution in [1.82, 2.24) is 0 Å². The fourth-order valence-electron chi connectivity index (χ4n) is 4.16. The number of benzene rings is 2. The average molecular weight is 364 g/mol. The van der Waals surface area contributed by atoms with Crippen LogP contribution in [0, 0.1) is 0 Å². The maximum atomic E-state index is 10.4. The number of aliphatic imine (C=N–C) groups is 1. The van der Waals surface area contributed by atoms with Gasteiger partial charge in [0, 0.05) is 11.8 Å². The Labute approximate surface area is 164 Å². The molecule has 2 nitrogen and oxygen atoms in total. The number of phenols is 1. The fraction of sp³-hybridized carbons (Fsp3) is 0.480. The van der Waals surface area contributed by atoms with Crippen molar-refractivity contribution in [2.45, 2.75) is 77.6 Å². The van der Waals surface area contributed by atoms with Crippen LogP contribution in [0.4, 0.5) is 5.69 Å². The first-order valence-corrected chi connectivity index (χ1v) is 10.5. The molecule has 2 aromatic rings. The van der Waals surface area contributed by atoms with Crippen LogP contribution in [0.15, 0.2) is 41.4 Å². The standard InChI is InChI=1S/C25H33NO/c1-17(2)22-11-8-12-23(18(3)4)25(22)26-16-21-15-20(13-14-24(21)27)19-9-6-5-7-10-19/h8,11-19,27H,5-7,9-10H2,1-4H3/b26-16+. The second-order valence-corrected chi connectivity index (χ2v) is 8.51. The van der Waals surface area contributed by atoms with Crippen molar-refractivity contribution < 1.29 is 5.11 Å². The number of nitrogens with zero attached hydrogens (tertiary/aromatic N) is 1. The molecule has 144 valence electrons.